The van der Waals surface area contributed by atoms with Crippen LogP contribution >= 0.6 is 0 Å². The monoisotopic (exact) mass is 456 g/mol. The number of hydrogen-bond donors (Lipinski definition) is 2. The topological polar surface area (TPSA) is 118 Å². The molecular formula is C22H22F2N6O3. The van der Waals surface area contributed by atoms with Crippen LogP contribution in [0.25, 0.3) is 11.1 Å². The Bertz CT molecular complexity index is 1140. The molecule has 3 aromatic rings. The second kappa shape index (κ2) is 9.48. The zero-order valence-corrected chi connectivity index (χ0v) is 17.8. The molecule has 0 spiro atoms. The van der Waals surface area contributed by atoms with Crippen molar-refractivity contribution < 1.29 is 23.4 Å². The molecule has 2 heterocycles. The summed E-state index contributed by atoms with van der Waals surface area (Å²) in [7, 11) is 0. The number of anilines is 2. The molecule has 1 saturated carbocycles. The number of nitrogens with one attached hydrogen (secondary N) is 1. The van der Waals surface area contributed by atoms with Crippen LogP contribution in [0.2, 0.25) is 0 Å². The van der Waals surface area contributed by atoms with Crippen molar-refractivity contribution in [2.45, 2.75) is 44.6 Å². The Kier molecular flexibility index (Phi) is 6.48. The first-order valence-electron chi connectivity index (χ1n) is 10.3. The van der Waals surface area contributed by atoms with Gasteiger partial charge in [0.1, 0.15) is 17.9 Å². The highest BCUT2D eigenvalue weighted by atomic mass is 19.3. The Morgan fingerprint density at radius 3 is 2.67 bits per heavy atom. The molecule has 0 amide bonds. The minimum Gasteiger partial charge on any atom is -0.487 e. The number of ether oxygens (including phenoxy) is 2. The van der Waals surface area contributed by atoms with Gasteiger partial charge in [-0.1, -0.05) is 6.07 Å². The molecule has 33 heavy (non-hydrogen) atoms. The summed E-state index contributed by atoms with van der Waals surface area (Å²) in [6.07, 6.45) is 7.52. The normalized spacial score (nSPS) is 15.2. The number of nitrogens with zero attached hydrogens (tertiary/aromatic N) is 5. The molecule has 1 atom stereocenters. The van der Waals surface area contributed by atoms with Crippen LogP contribution in [-0.2, 0) is 11.3 Å². The number of hydrogen-bond acceptors (Lipinski definition) is 8. The molecule has 2 aromatic heterocycles. The molecule has 0 radical (unpaired) electrons. The third-order valence-corrected chi connectivity index (χ3v) is 5.05. The van der Waals surface area contributed by atoms with Gasteiger partial charge in [-0.15, -0.1) is 0 Å². The molecule has 0 bridgehead atoms. The zero-order chi connectivity index (χ0) is 23.4. The SMILES string of the molecule is CC(COC(F)F)Oc1cc(-c2cnc(Nc3cnn(CC4(O)CC4)c3)nc2)ccc1C#N. The Morgan fingerprint density at radius 2 is 2.00 bits per heavy atom. The average Bonchev–Trinajstić information content (AvgIpc) is 3.36. The summed E-state index contributed by atoms with van der Waals surface area (Å²) in [5, 5.41) is 26.6. The van der Waals surface area contributed by atoms with Crippen LogP contribution in [0.4, 0.5) is 20.4 Å². The minimum atomic E-state index is -2.89. The molecule has 172 valence electrons. The minimum absolute atomic E-state index is 0.257. The van der Waals surface area contributed by atoms with Crippen LogP contribution in [0.1, 0.15) is 25.3 Å². The maximum absolute atomic E-state index is 12.2. The van der Waals surface area contributed by atoms with E-state index in [0.717, 1.165) is 12.8 Å². The van der Waals surface area contributed by atoms with Crippen molar-refractivity contribution >= 4 is 11.6 Å². The van der Waals surface area contributed by atoms with Gasteiger partial charge in [0.2, 0.25) is 5.95 Å². The van der Waals surface area contributed by atoms with E-state index >= 15 is 0 Å². The fourth-order valence-electron chi connectivity index (χ4n) is 3.14. The maximum Gasteiger partial charge on any atom is 0.345 e. The Balaban J connectivity index is 1.43. The molecular weight excluding hydrogens is 434 g/mol. The molecule has 1 aliphatic carbocycles. The summed E-state index contributed by atoms with van der Waals surface area (Å²) in [4.78, 5) is 8.62. The summed E-state index contributed by atoms with van der Waals surface area (Å²) in [5.74, 6) is 0.624. The standard InChI is InChI=1S/C22H22F2N6O3/c1-14(12-32-20(23)24)33-19-6-15(2-3-16(19)7-25)17-8-26-21(27-9-17)29-18-10-28-30(11-18)13-22(31)4-5-22/h2-3,6,8-11,14,20,31H,4-5,12-13H2,1H3,(H,26,27,29). The lowest BCUT2D eigenvalue weighted by molar-refractivity contribution is -0.142. The van der Waals surface area contributed by atoms with Crippen molar-refractivity contribution in [2.24, 2.45) is 0 Å². The fourth-order valence-corrected chi connectivity index (χ4v) is 3.14. The molecule has 4 rings (SSSR count). The Morgan fingerprint density at radius 1 is 1.24 bits per heavy atom. The highest BCUT2D eigenvalue weighted by Crippen LogP contribution is 2.36. The van der Waals surface area contributed by atoms with E-state index in [2.05, 4.69) is 25.1 Å². The van der Waals surface area contributed by atoms with E-state index in [0.29, 0.717) is 29.3 Å². The number of aromatic nitrogens is 4. The van der Waals surface area contributed by atoms with E-state index in [-0.39, 0.29) is 17.9 Å². The number of rotatable bonds is 10. The van der Waals surface area contributed by atoms with E-state index < -0.39 is 18.3 Å². The van der Waals surface area contributed by atoms with Crippen LogP contribution < -0.4 is 10.1 Å². The molecule has 0 saturated heterocycles. The van der Waals surface area contributed by atoms with Gasteiger partial charge >= 0.3 is 6.61 Å². The van der Waals surface area contributed by atoms with Crippen LogP contribution in [-0.4, -0.2) is 49.8 Å². The summed E-state index contributed by atoms with van der Waals surface area (Å²) < 4.78 is 36.1. The van der Waals surface area contributed by atoms with Crippen LogP contribution in [0.15, 0.2) is 43.0 Å². The maximum atomic E-state index is 12.2. The molecule has 2 N–H and O–H groups in total. The van der Waals surface area contributed by atoms with E-state index in [4.69, 9.17) is 4.74 Å². The summed E-state index contributed by atoms with van der Waals surface area (Å²) in [5.41, 5.74) is 1.70. The van der Waals surface area contributed by atoms with Crippen molar-refractivity contribution in [1.29, 1.82) is 5.26 Å². The molecule has 1 aromatic carbocycles. The first-order valence-corrected chi connectivity index (χ1v) is 10.3. The third-order valence-electron chi connectivity index (χ3n) is 5.05. The van der Waals surface area contributed by atoms with Gasteiger partial charge in [-0.2, -0.15) is 19.1 Å². The van der Waals surface area contributed by atoms with E-state index in [1.807, 2.05) is 6.07 Å². The van der Waals surface area contributed by atoms with Gasteiger partial charge in [-0.25, -0.2) is 9.97 Å². The lowest BCUT2D eigenvalue weighted by atomic mass is 10.1. The van der Waals surface area contributed by atoms with Crippen molar-refractivity contribution in [3.05, 3.63) is 48.5 Å². The molecule has 1 aliphatic rings. The predicted molar refractivity (Wildman–Crippen MR) is 114 cm³/mol. The fraction of sp³-hybridized carbons (Fsp3) is 0.364. The second-order valence-corrected chi connectivity index (χ2v) is 7.92. The Labute approximate surface area is 188 Å². The number of aliphatic hydroxyl groups is 1. The van der Waals surface area contributed by atoms with Crippen LogP contribution in [0.3, 0.4) is 0 Å². The van der Waals surface area contributed by atoms with Gasteiger partial charge in [0.25, 0.3) is 0 Å². The smallest absolute Gasteiger partial charge is 0.345 e. The number of halogens is 2. The third kappa shape index (κ3) is 6.00. The van der Waals surface area contributed by atoms with Crippen LogP contribution in [0, 0.1) is 11.3 Å². The first-order chi connectivity index (χ1) is 15.8. The lowest BCUT2D eigenvalue weighted by Crippen LogP contribution is -2.21. The predicted octanol–water partition coefficient (Wildman–Crippen LogP) is 3.49. The van der Waals surface area contributed by atoms with E-state index in [1.165, 1.54) is 0 Å². The molecule has 11 heteroatoms. The molecule has 1 fully saturated rings. The van der Waals surface area contributed by atoms with Crippen molar-refractivity contribution in [3.8, 4) is 22.9 Å². The average molecular weight is 456 g/mol. The van der Waals surface area contributed by atoms with Crippen molar-refractivity contribution in [1.82, 2.24) is 19.7 Å². The number of benzene rings is 1. The molecule has 9 nitrogen and oxygen atoms in total. The zero-order valence-electron chi connectivity index (χ0n) is 17.8. The van der Waals surface area contributed by atoms with Gasteiger partial charge in [0, 0.05) is 24.2 Å². The lowest BCUT2D eigenvalue weighted by Gasteiger charge is -2.16. The summed E-state index contributed by atoms with van der Waals surface area (Å²) in [6, 6.07) is 6.97. The molecule has 1 unspecified atom stereocenters. The second-order valence-electron chi connectivity index (χ2n) is 7.92. The van der Waals surface area contributed by atoms with Gasteiger partial charge in [0.05, 0.1) is 36.2 Å². The highest BCUT2D eigenvalue weighted by Gasteiger charge is 2.40. The van der Waals surface area contributed by atoms with E-state index in [1.54, 1.807) is 54.6 Å². The molecule has 0 aliphatic heterocycles. The summed E-state index contributed by atoms with van der Waals surface area (Å²) >= 11 is 0. The van der Waals surface area contributed by atoms with Gasteiger partial charge in [-0.3, -0.25) is 4.68 Å². The first kappa shape index (κ1) is 22.6. The number of alkyl halides is 2. The quantitative estimate of drug-likeness (QED) is 0.476. The Hall–Kier alpha value is -3.62. The van der Waals surface area contributed by atoms with E-state index in [9.17, 15) is 19.1 Å². The van der Waals surface area contributed by atoms with Gasteiger partial charge < -0.3 is 19.9 Å². The number of nitriles is 1. The van der Waals surface area contributed by atoms with Crippen LogP contribution in [0.5, 0.6) is 5.75 Å². The van der Waals surface area contributed by atoms with Gasteiger partial charge in [-0.05, 0) is 37.5 Å². The highest BCUT2D eigenvalue weighted by molar-refractivity contribution is 5.66. The van der Waals surface area contributed by atoms with Crippen molar-refractivity contribution in [3.63, 3.8) is 0 Å². The van der Waals surface area contributed by atoms with Gasteiger partial charge in [0.15, 0.2) is 0 Å². The summed E-state index contributed by atoms with van der Waals surface area (Å²) in [6.45, 7) is -1.18. The van der Waals surface area contributed by atoms with Crippen molar-refractivity contribution in [2.75, 3.05) is 11.9 Å². The largest absolute Gasteiger partial charge is 0.487 e.